The average molecular weight is 364 g/mol. The molecule has 9 heteroatoms. The zero-order valence-corrected chi connectivity index (χ0v) is 14.7. The summed E-state index contributed by atoms with van der Waals surface area (Å²) in [6.45, 7) is 2.67. The second-order valence-electron chi connectivity index (χ2n) is 5.85. The van der Waals surface area contributed by atoms with Gasteiger partial charge in [-0.25, -0.2) is 18.4 Å². The van der Waals surface area contributed by atoms with Crippen LogP contribution in [-0.4, -0.2) is 53.3 Å². The highest BCUT2D eigenvalue weighted by molar-refractivity contribution is 7.91. The van der Waals surface area contributed by atoms with E-state index >= 15 is 0 Å². The molecular formula is C16H20N4O4S. The quantitative estimate of drug-likeness (QED) is 0.824. The monoisotopic (exact) mass is 364 g/mol. The van der Waals surface area contributed by atoms with E-state index < -0.39 is 9.84 Å². The summed E-state index contributed by atoms with van der Waals surface area (Å²) < 4.78 is 28.6. The van der Waals surface area contributed by atoms with E-state index in [0.717, 1.165) is 5.76 Å². The fourth-order valence-corrected chi connectivity index (χ4v) is 4.61. The van der Waals surface area contributed by atoms with E-state index in [1.165, 1.54) is 12.3 Å². The molecule has 1 aliphatic heterocycles. The molecule has 134 valence electrons. The van der Waals surface area contributed by atoms with Crippen LogP contribution in [0.3, 0.4) is 0 Å². The van der Waals surface area contributed by atoms with Crippen LogP contribution in [0.15, 0.2) is 35.1 Å². The number of furan rings is 1. The number of rotatable bonds is 6. The van der Waals surface area contributed by atoms with Gasteiger partial charge < -0.3 is 14.6 Å². The maximum Gasteiger partial charge on any atom is 0.272 e. The average Bonchev–Trinajstić information content (AvgIpc) is 3.23. The van der Waals surface area contributed by atoms with Crippen LogP contribution in [0.2, 0.25) is 0 Å². The van der Waals surface area contributed by atoms with Gasteiger partial charge in [0.15, 0.2) is 9.84 Å². The van der Waals surface area contributed by atoms with Gasteiger partial charge in [-0.2, -0.15) is 0 Å². The molecular weight excluding hydrogens is 344 g/mol. The van der Waals surface area contributed by atoms with Gasteiger partial charge in [0.2, 0.25) is 5.95 Å². The van der Waals surface area contributed by atoms with Crippen LogP contribution in [0, 0.1) is 0 Å². The number of carbonyl (C=O) groups is 1. The first-order valence-corrected chi connectivity index (χ1v) is 9.91. The summed E-state index contributed by atoms with van der Waals surface area (Å²) in [5, 5.41) is 3.00. The molecule has 1 aliphatic rings. The van der Waals surface area contributed by atoms with E-state index in [0.29, 0.717) is 25.5 Å². The van der Waals surface area contributed by atoms with Crippen molar-refractivity contribution in [3.05, 3.63) is 42.1 Å². The molecule has 1 unspecified atom stereocenters. The summed E-state index contributed by atoms with van der Waals surface area (Å²) in [7, 11) is -3.06. The van der Waals surface area contributed by atoms with Crippen LogP contribution in [0.4, 0.5) is 5.95 Å². The van der Waals surface area contributed by atoms with Crippen molar-refractivity contribution < 1.29 is 17.6 Å². The predicted molar refractivity (Wildman–Crippen MR) is 91.8 cm³/mol. The SMILES string of the molecule is CCN(C(=O)c1ccnc(NCc2ccco2)n1)C1CCS(=O)(=O)C1. The maximum atomic E-state index is 12.8. The molecule has 0 spiro atoms. The van der Waals surface area contributed by atoms with E-state index in [1.54, 1.807) is 17.2 Å². The molecule has 1 atom stereocenters. The van der Waals surface area contributed by atoms with Gasteiger partial charge in [-0.05, 0) is 31.5 Å². The highest BCUT2D eigenvalue weighted by Gasteiger charge is 2.34. The Labute approximate surface area is 146 Å². The summed E-state index contributed by atoms with van der Waals surface area (Å²) in [4.78, 5) is 22.7. The lowest BCUT2D eigenvalue weighted by atomic mass is 10.2. The molecule has 0 saturated carbocycles. The van der Waals surface area contributed by atoms with Crippen LogP contribution in [0.25, 0.3) is 0 Å². The molecule has 0 bridgehead atoms. The Hall–Kier alpha value is -2.42. The van der Waals surface area contributed by atoms with E-state index in [-0.39, 0.29) is 29.1 Å². The second kappa shape index (κ2) is 7.22. The third kappa shape index (κ3) is 4.16. The number of hydrogen-bond acceptors (Lipinski definition) is 7. The van der Waals surface area contributed by atoms with Gasteiger partial charge in [0, 0.05) is 18.8 Å². The van der Waals surface area contributed by atoms with Crippen molar-refractivity contribution in [3.8, 4) is 0 Å². The minimum Gasteiger partial charge on any atom is -0.467 e. The Morgan fingerprint density at radius 2 is 2.28 bits per heavy atom. The molecule has 0 aromatic carbocycles. The number of nitrogens with one attached hydrogen (secondary N) is 1. The summed E-state index contributed by atoms with van der Waals surface area (Å²) in [5.74, 6) is 0.902. The van der Waals surface area contributed by atoms with Gasteiger partial charge >= 0.3 is 0 Å². The molecule has 0 aliphatic carbocycles. The lowest BCUT2D eigenvalue weighted by Gasteiger charge is -2.26. The first kappa shape index (κ1) is 17.4. The molecule has 2 aromatic heterocycles. The van der Waals surface area contributed by atoms with Crippen LogP contribution in [-0.2, 0) is 16.4 Å². The summed E-state index contributed by atoms with van der Waals surface area (Å²) in [6, 6.07) is 4.84. The Bertz CT molecular complexity index is 836. The van der Waals surface area contributed by atoms with Crippen LogP contribution < -0.4 is 5.32 Å². The number of amides is 1. The van der Waals surface area contributed by atoms with Crippen LogP contribution in [0.1, 0.15) is 29.6 Å². The molecule has 8 nitrogen and oxygen atoms in total. The minimum atomic E-state index is -3.06. The Kier molecular flexibility index (Phi) is 5.03. The third-order valence-corrected chi connectivity index (χ3v) is 5.88. The minimum absolute atomic E-state index is 0.0151. The molecule has 1 fully saturated rings. The smallest absolute Gasteiger partial charge is 0.272 e. The number of sulfone groups is 1. The van der Waals surface area contributed by atoms with Gasteiger partial charge in [-0.15, -0.1) is 0 Å². The molecule has 25 heavy (non-hydrogen) atoms. The molecule has 3 rings (SSSR count). The van der Waals surface area contributed by atoms with Crippen molar-refractivity contribution in [2.24, 2.45) is 0 Å². The van der Waals surface area contributed by atoms with Crippen molar-refractivity contribution in [2.75, 3.05) is 23.4 Å². The Morgan fingerprint density at radius 3 is 2.92 bits per heavy atom. The first-order valence-electron chi connectivity index (χ1n) is 8.09. The van der Waals surface area contributed by atoms with Gasteiger partial charge in [-0.3, -0.25) is 4.79 Å². The molecule has 2 aromatic rings. The van der Waals surface area contributed by atoms with Crippen molar-refractivity contribution in [1.82, 2.24) is 14.9 Å². The Morgan fingerprint density at radius 1 is 1.44 bits per heavy atom. The fourth-order valence-electron chi connectivity index (χ4n) is 2.88. The van der Waals surface area contributed by atoms with Crippen molar-refractivity contribution in [1.29, 1.82) is 0 Å². The van der Waals surface area contributed by atoms with E-state index in [9.17, 15) is 13.2 Å². The normalized spacial score (nSPS) is 18.8. The van der Waals surface area contributed by atoms with Gasteiger partial charge in [0.1, 0.15) is 11.5 Å². The molecule has 1 saturated heterocycles. The Balaban J connectivity index is 1.71. The fraction of sp³-hybridized carbons (Fsp3) is 0.438. The van der Waals surface area contributed by atoms with Gasteiger partial charge in [0.05, 0.1) is 24.3 Å². The summed E-state index contributed by atoms with van der Waals surface area (Å²) >= 11 is 0. The topological polar surface area (TPSA) is 105 Å². The van der Waals surface area contributed by atoms with E-state index in [4.69, 9.17) is 4.42 Å². The summed E-state index contributed by atoms with van der Waals surface area (Å²) in [6.07, 6.45) is 3.55. The number of hydrogen-bond donors (Lipinski definition) is 1. The lowest BCUT2D eigenvalue weighted by Crippen LogP contribution is -2.41. The zero-order chi connectivity index (χ0) is 17.9. The third-order valence-electron chi connectivity index (χ3n) is 4.13. The lowest BCUT2D eigenvalue weighted by molar-refractivity contribution is 0.0702. The molecule has 1 amide bonds. The zero-order valence-electron chi connectivity index (χ0n) is 13.9. The maximum absolute atomic E-state index is 12.8. The number of aromatic nitrogens is 2. The highest BCUT2D eigenvalue weighted by atomic mass is 32.2. The van der Waals surface area contributed by atoms with Gasteiger partial charge in [-0.1, -0.05) is 0 Å². The van der Waals surface area contributed by atoms with Gasteiger partial charge in [0.25, 0.3) is 5.91 Å². The standard InChI is InChI=1S/C16H20N4O4S/c1-2-20(12-6-9-25(22,23)11-12)15(21)14-5-7-17-16(19-14)18-10-13-4-3-8-24-13/h3-5,7-8,12H,2,6,9-11H2,1H3,(H,17,18,19). The molecule has 1 N–H and O–H groups in total. The van der Waals surface area contributed by atoms with Crippen molar-refractivity contribution in [2.45, 2.75) is 25.9 Å². The number of carbonyl (C=O) groups excluding carboxylic acids is 1. The van der Waals surface area contributed by atoms with Crippen molar-refractivity contribution >= 4 is 21.7 Å². The van der Waals surface area contributed by atoms with E-state index in [2.05, 4.69) is 15.3 Å². The first-order chi connectivity index (χ1) is 12.0. The summed E-state index contributed by atoms with van der Waals surface area (Å²) in [5.41, 5.74) is 0.239. The highest BCUT2D eigenvalue weighted by Crippen LogP contribution is 2.19. The van der Waals surface area contributed by atoms with Crippen LogP contribution in [0.5, 0.6) is 0 Å². The predicted octanol–water partition coefficient (Wildman–Crippen LogP) is 1.33. The van der Waals surface area contributed by atoms with Crippen LogP contribution >= 0.6 is 0 Å². The van der Waals surface area contributed by atoms with Crippen molar-refractivity contribution in [3.63, 3.8) is 0 Å². The largest absolute Gasteiger partial charge is 0.467 e. The number of nitrogens with zero attached hydrogens (tertiary/aromatic N) is 3. The molecule has 3 heterocycles. The molecule has 0 radical (unpaired) electrons. The second-order valence-corrected chi connectivity index (χ2v) is 8.08. The number of anilines is 1. The van der Waals surface area contributed by atoms with E-state index in [1.807, 2.05) is 13.0 Å².